The summed E-state index contributed by atoms with van der Waals surface area (Å²) in [5.74, 6) is 0.409. The van der Waals surface area contributed by atoms with Crippen LogP contribution >= 0.6 is 11.8 Å². The molecule has 92 valence electrons. The number of ether oxygens (including phenoxy) is 1. The minimum Gasteiger partial charge on any atom is -0.497 e. The maximum Gasteiger partial charge on any atom is 0.229 e. The lowest BCUT2D eigenvalue weighted by Crippen LogP contribution is -2.60. The van der Waals surface area contributed by atoms with Gasteiger partial charge in [0.05, 0.1) is 24.5 Å². The van der Waals surface area contributed by atoms with E-state index in [0.29, 0.717) is 0 Å². The average Bonchev–Trinajstić information content (AvgIpc) is 2.28. The fraction of sp³-hybridized carbons (Fsp3) is 0.417. The van der Waals surface area contributed by atoms with Gasteiger partial charge < -0.3 is 15.2 Å². The summed E-state index contributed by atoms with van der Waals surface area (Å²) in [5, 5.41) is 12.2. The van der Waals surface area contributed by atoms with Crippen LogP contribution in [0.15, 0.2) is 29.2 Å². The Balaban J connectivity index is 1.99. The average molecular weight is 253 g/mol. The summed E-state index contributed by atoms with van der Waals surface area (Å²) in [6, 6.07) is 7.63. The summed E-state index contributed by atoms with van der Waals surface area (Å²) in [6.07, 6.45) is -0.612. The molecule has 2 N–H and O–H groups in total. The molecular formula is C12H15NO3S. The van der Waals surface area contributed by atoms with Crippen LogP contribution in [0.1, 0.15) is 6.92 Å². The highest BCUT2D eigenvalue weighted by atomic mass is 32.2. The molecule has 0 spiro atoms. The molecule has 0 radical (unpaired) electrons. The molecule has 3 unspecified atom stereocenters. The quantitative estimate of drug-likeness (QED) is 0.793. The van der Waals surface area contributed by atoms with Crippen LogP contribution in [0.3, 0.4) is 0 Å². The molecule has 1 amide bonds. The van der Waals surface area contributed by atoms with Gasteiger partial charge in [-0.15, -0.1) is 11.8 Å². The first-order valence-corrected chi connectivity index (χ1v) is 6.29. The second kappa shape index (κ2) is 4.98. The summed E-state index contributed by atoms with van der Waals surface area (Å²) < 4.78 is 5.07. The van der Waals surface area contributed by atoms with Crippen LogP contribution in [0.2, 0.25) is 0 Å². The first-order valence-electron chi connectivity index (χ1n) is 5.41. The molecule has 2 rings (SSSR count). The van der Waals surface area contributed by atoms with Gasteiger partial charge in [0.1, 0.15) is 5.75 Å². The topological polar surface area (TPSA) is 58.6 Å². The normalized spacial score (nSPS) is 24.8. The van der Waals surface area contributed by atoms with E-state index in [0.717, 1.165) is 10.6 Å². The van der Waals surface area contributed by atoms with Crippen molar-refractivity contribution in [1.82, 2.24) is 5.32 Å². The van der Waals surface area contributed by atoms with Gasteiger partial charge in [0, 0.05) is 4.90 Å². The number of carbonyl (C=O) groups is 1. The highest BCUT2D eigenvalue weighted by Crippen LogP contribution is 2.34. The lowest BCUT2D eigenvalue weighted by molar-refractivity contribution is -0.136. The minimum atomic E-state index is -0.612. The van der Waals surface area contributed by atoms with Gasteiger partial charge in [-0.2, -0.15) is 0 Å². The Morgan fingerprint density at radius 2 is 2.06 bits per heavy atom. The largest absolute Gasteiger partial charge is 0.497 e. The number of aliphatic hydroxyl groups is 1. The number of hydrogen-bond acceptors (Lipinski definition) is 4. The number of nitrogens with one attached hydrogen (secondary N) is 1. The van der Waals surface area contributed by atoms with Crippen molar-refractivity contribution in [2.24, 2.45) is 5.92 Å². The highest BCUT2D eigenvalue weighted by Gasteiger charge is 2.42. The van der Waals surface area contributed by atoms with Crippen molar-refractivity contribution < 1.29 is 14.6 Å². The SMILES string of the molecule is COc1ccc(SC2NC(=O)C2C(C)O)cc1. The number of β-lactam (4-membered cyclic amide) rings is 1. The third-order valence-corrected chi connectivity index (χ3v) is 3.96. The van der Waals surface area contributed by atoms with E-state index in [1.165, 1.54) is 0 Å². The van der Waals surface area contributed by atoms with Gasteiger partial charge in [0.25, 0.3) is 0 Å². The predicted octanol–water partition coefficient (Wildman–Crippen LogP) is 1.24. The summed E-state index contributed by atoms with van der Waals surface area (Å²) >= 11 is 1.54. The molecule has 1 aromatic carbocycles. The Bertz CT molecular complexity index is 405. The summed E-state index contributed by atoms with van der Waals surface area (Å²) in [7, 11) is 1.62. The van der Waals surface area contributed by atoms with E-state index in [9.17, 15) is 9.90 Å². The molecule has 1 aliphatic rings. The maximum atomic E-state index is 11.3. The van der Waals surface area contributed by atoms with Crippen molar-refractivity contribution in [3.8, 4) is 5.75 Å². The van der Waals surface area contributed by atoms with Crippen LogP contribution in [-0.4, -0.2) is 29.6 Å². The number of methoxy groups -OCH3 is 1. The van der Waals surface area contributed by atoms with Gasteiger partial charge in [-0.05, 0) is 31.2 Å². The molecular weight excluding hydrogens is 238 g/mol. The van der Waals surface area contributed by atoms with Crippen molar-refractivity contribution in [2.45, 2.75) is 23.3 Å². The Labute approximate surface area is 104 Å². The van der Waals surface area contributed by atoms with Crippen molar-refractivity contribution in [1.29, 1.82) is 0 Å². The number of rotatable bonds is 4. The molecule has 1 aliphatic heterocycles. The Morgan fingerprint density at radius 1 is 1.41 bits per heavy atom. The van der Waals surface area contributed by atoms with E-state index in [4.69, 9.17) is 4.74 Å². The molecule has 1 saturated heterocycles. The Hall–Kier alpha value is -1.20. The zero-order chi connectivity index (χ0) is 12.4. The van der Waals surface area contributed by atoms with E-state index in [1.54, 1.807) is 25.8 Å². The molecule has 3 atom stereocenters. The molecule has 0 bridgehead atoms. The van der Waals surface area contributed by atoms with Crippen molar-refractivity contribution >= 4 is 17.7 Å². The number of aliphatic hydroxyl groups excluding tert-OH is 1. The molecule has 0 aliphatic carbocycles. The summed E-state index contributed by atoms with van der Waals surface area (Å²) in [5.41, 5.74) is 0. The molecule has 5 heteroatoms. The predicted molar refractivity (Wildman–Crippen MR) is 66.0 cm³/mol. The van der Waals surface area contributed by atoms with Crippen LogP contribution in [0.25, 0.3) is 0 Å². The first-order chi connectivity index (χ1) is 8.11. The fourth-order valence-corrected chi connectivity index (χ4v) is 3.00. The number of carbonyl (C=O) groups excluding carboxylic acids is 1. The number of hydrogen-bond donors (Lipinski definition) is 2. The Kier molecular flexibility index (Phi) is 3.59. The zero-order valence-corrected chi connectivity index (χ0v) is 10.5. The van der Waals surface area contributed by atoms with Gasteiger partial charge in [-0.25, -0.2) is 0 Å². The molecule has 1 heterocycles. The second-order valence-corrected chi connectivity index (χ2v) is 5.20. The zero-order valence-electron chi connectivity index (χ0n) is 9.71. The van der Waals surface area contributed by atoms with E-state index >= 15 is 0 Å². The van der Waals surface area contributed by atoms with E-state index in [-0.39, 0.29) is 17.2 Å². The number of thioether (sulfide) groups is 1. The van der Waals surface area contributed by atoms with Crippen LogP contribution in [0.4, 0.5) is 0 Å². The van der Waals surface area contributed by atoms with Gasteiger partial charge in [-0.1, -0.05) is 0 Å². The van der Waals surface area contributed by atoms with Gasteiger partial charge in [0.2, 0.25) is 5.91 Å². The lowest BCUT2D eigenvalue weighted by Gasteiger charge is -2.37. The molecule has 0 aromatic heterocycles. The minimum absolute atomic E-state index is 0.0455. The smallest absolute Gasteiger partial charge is 0.229 e. The fourth-order valence-electron chi connectivity index (χ4n) is 1.74. The van der Waals surface area contributed by atoms with Crippen molar-refractivity contribution in [3.63, 3.8) is 0 Å². The third-order valence-electron chi connectivity index (χ3n) is 2.76. The van der Waals surface area contributed by atoms with Crippen LogP contribution in [0.5, 0.6) is 5.75 Å². The molecule has 0 saturated carbocycles. The van der Waals surface area contributed by atoms with Crippen LogP contribution in [-0.2, 0) is 4.79 Å². The molecule has 1 aromatic rings. The van der Waals surface area contributed by atoms with E-state index in [1.807, 2.05) is 24.3 Å². The van der Waals surface area contributed by atoms with Crippen molar-refractivity contribution in [2.75, 3.05) is 7.11 Å². The van der Waals surface area contributed by atoms with Crippen LogP contribution < -0.4 is 10.1 Å². The summed E-state index contributed by atoms with van der Waals surface area (Å²) in [4.78, 5) is 12.3. The monoisotopic (exact) mass is 253 g/mol. The Morgan fingerprint density at radius 3 is 2.53 bits per heavy atom. The standard InChI is InChI=1S/C12H15NO3S/c1-7(14)10-11(15)13-12(10)17-9-5-3-8(16-2)4-6-9/h3-7,10,12,14H,1-2H3,(H,13,15). The summed E-state index contributed by atoms with van der Waals surface area (Å²) in [6.45, 7) is 1.64. The van der Waals surface area contributed by atoms with Gasteiger partial charge >= 0.3 is 0 Å². The highest BCUT2D eigenvalue weighted by molar-refractivity contribution is 8.00. The van der Waals surface area contributed by atoms with E-state index in [2.05, 4.69) is 5.32 Å². The molecule has 1 fully saturated rings. The third kappa shape index (κ3) is 2.56. The molecule has 17 heavy (non-hydrogen) atoms. The van der Waals surface area contributed by atoms with Gasteiger partial charge in [0.15, 0.2) is 0 Å². The maximum absolute atomic E-state index is 11.3. The van der Waals surface area contributed by atoms with Gasteiger partial charge in [-0.3, -0.25) is 4.79 Å². The first kappa shape index (κ1) is 12.3. The number of benzene rings is 1. The van der Waals surface area contributed by atoms with Crippen LogP contribution in [0, 0.1) is 5.92 Å². The lowest BCUT2D eigenvalue weighted by atomic mass is 9.96. The second-order valence-electron chi connectivity index (χ2n) is 3.99. The van der Waals surface area contributed by atoms with Crippen molar-refractivity contribution in [3.05, 3.63) is 24.3 Å². The molecule has 4 nitrogen and oxygen atoms in total. The van der Waals surface area contributed by atoms with E-state index < -0.39 is 6.10 Å². The number of amides is 1.